The fraction of sp³-hybridized carbons (Fsp3) is 0. The number of halogens is 1. The Kier molecular flexibility index (Phi) is 2.21. The summed E-state index contributed by atoms with van der Waals surface area (Å²) in [6.07, 6.45) is 1.15. The number of benzene rings is 1. The van der Waals surface area contributed by atoms with Crippen molar-refractivity contribution < 1.29 is 9.90 Å². The Balaban J connectivity index is 3.03. The van der Waals surface area contributed by atoms with Gasteiger partial charge in [-0.25, -0.2) is 4.79 Å². The molecule has 0 atom stereocenters. The van der Waals surface area contributed by atoms with Crippen LogP contribution in [-0.4, -0.2) is 16.1 Å². The number of H-pyrrole nitrogens is 1. The molecule has 0 saturated carbocycles. The monoisotopic (exact) mass is 223 g/mol. The van der Waals surface area contributed by atoms with E-state index in [2.05, 4.69) is 4.98 Å². The number of pyridine rings is 1. The smallest absolute Gasteiger partial charge is 0.337 e. The molecule has 0 fully saturated rings. The van der Waals surface area contributed by atoms with E-state index in [9.17, 15) is 9.59 Å². The molecule has 1 aromatic heterocycles. The number of carboxylic acid groups (broad SMARTS) is 1. The fourth-order valence-electron chi connectivity index (χ4n) is 1.44. The lowest BCUT2D eigenvalue weighted by Crippen LogP contribution is -2.10. The molecule has 0 radical (unpaired) electrons. The van der Waals surface area contributed by atoms with Crippen LogP contribution in [0.1, 0.15) is 10.4 Å². The highest BCUT2D eigenvalue weighted by atomic mass is 35.5. The van der Waals surface area contributed by atoms with Crippen LogP contribution in [0, 0.1) is 0 Å². The van der Waals surface area contributed by atoms with Gasteiger partial charge in [0.05, 0.1) is 5.56 Å². The van der Waals surface area contributed by atoms with Crippen LogP contribution in [-0.2, 0) is 0 Å². The Morgan fingerprint density at radius 3 is 2.80 bits per heavy atom. The molecule has 0 unspecified atom stereocenters. The van der Waals surface area contributed by atoms with Crippen molar-refractivity contribution in [3.63, 3.8) is 0 Å². The third-order valence-electron chi connectivity index (χ3n) is 2.11. The van der Waals surface area contributed by atoms with E-state index in [4.69, 9.17) is 16.7 Å². The minimum absolute atomic E-state index is 0.00444. The Morgan fingerprint density at radius 1 is 1.40 bits per heavy atom. The highest BCUT2D eigenvalue weighted by molar-refractivity contribution is 6.36. The highest BCUT2D eigenvalue weighted by Crippen LogP contribution is 2.23. The molecule has 0 saturated heterocycles. The quantitative estimate of drug-likeness (QED) is 0.776. The number of aromatic amines is 1. The van der Waals surface area contributed by atoms with Gasteiger partial charge in [-0.1, -0.05) is 17.7 Å². The maximum absolute atomic E-state index is 11.4. The van der Waals surface area contributed by atoms with Gasteiger partial charge in [-0.2, -0.15) is 0 Å². The molecule has 0 aliphatic carbocycles. The zero-order valence-corrected chi connectivity index (χ0v) is 8.21. The average Bonchev–Trinajstić information content (AvgIpc) is 2.19. The van der Waals surface area contributed by atoms with Crippen molar-refractivity contribution in [3.8, 4) is 0 Å². The summed E-state index contributed by atoms with van der Waals surface area (Å²) >= 11 is 5.86. The molecule has 0 spiro atoms. The van der Waals surface area contributed by atoms with E-state index in [-0.39, 0.29) is 26.9 Å². The van der Waals surface area contributed by atoms with E-state index in [1.54, 1.807) is 12.1 Å². The van der Waals surface area contributed by atoms with Crippen LogP contribution >= 0.6 is 11.6 Å². The second-order valence-corrected chi connectivity index (χ2v) is 3.41. The summed E-state index contributed by atoms with van der Waals surface area (Å²) in [4.78, 5) is 24.7. The van der Waals surface area contributed by atoms with E-state index in [1.807, 2.05) is 0 Å². The van der Waals surface area contributed by atoms with E-state index in [0.717, 1.165) is 6.20 Å². The van der Waals surface area contributed by atoms with E-state index in [1.165, 1.54) is 6.07 Å². The molecule has 1 heterocycles. The number of hydrogen-bond acceptors (Lipinski definition) is 2. The van der Waals surface area contributed by atoms with Gasteiger partial charge in [0.1, 0.15) is 0 Å². The van der Waals surface area contributed by atoms with Crippen LogP contribution < -0.4 is 5.56 Å². The van der Waals surface area contributed by atoms with Crippen molar-refractivity contribution in [2.24, 2.45) is 0 Å². The molecule has 4 nitrogen and oxygen atoms in total. The van der Waals surface area contributed by atoms with Crippen molar-refractivity contribution in [2.45, 2.75) is 0 Å². The lowest BCUT2D eigenvalue weighted by atomic mass is 10.1. The molecular weight excluding hydrogens is 218 g/mol. The van der Waals surface area contributed by atoms with Crippen LogP contribution in [0.15, 0.2) is 29.2 Å². The molecule has 2 aromatic rings. The van der Waals surface area contributed by atoms with Crippen molar-refractivity contribution in [1.29, 1.82) is 0 Å². The highest BCUT2D eigenvalue weighted by Gasteiger charge is 2.12. The Morgan fingerprint density at radius 2 is 2.13 bits per heavy atom. The van der Waals surface area contributed by atoms with Gasteiger partial charge in [-0.05, 0) is 12.1 Å². The summed E-state index contributed by atoms with van der Waals surface area (Å²) in [5.74, 6) is -1.12. The zero-order chi connectivity index (χ0) is 11.0. The normalized spacial score (nSPS) is 10.5. The standard InChI is InChI=1S/C10H6ClNO3/c11-7-3-1-2-5-8(7)6(10(14)15)4-12-9(5)13/h1-4H,(H,12,13)(H,14,15). The largest absolute Gasteiger partial charge is 0.478 e. The van der Waals surface area contributed by atoms with Crippen LogP contribution in [0.5, 0.6) is 0 Å². The van der Waals surface area contributed by atoms with Gasteiger partial charge in [-0.3, -0.25) is 4.79 Å². The average molecular weight is 224 g/mol. The first-order valence-electron chi connectivity index (χ1n) is 4.14. The van der Waals surface area contributed by atoms with Gasteiger partial charge in [0.15, 0.2) is 0 Å². The Hall–Kier alpha value is -1.81. The van der Waals surface area contributed by atoms with Crippen molar-refractivity contribution in [1.82, 2.24) is 4.98 Å². The van der Waals surface area contributed by atoms with Crippen LogP contribution in [0.25, 0.3) is 10.8 Å². The van der Waals surface area contributed by atoms with Gasteiger partial charge in [-0.15, -0.1) is 0 Å². The number of rotatable bonds is 1. The maximum Gasteiger partial charge on any atom is 0.337 e. The van der Waals surface area contributed by atoms with Gasteiger partial charge in [0.2, 0.25) is 0 Å². The lowest BCUT2D eigenvalue weighted by Gasteiger charge is -2.02. The summed E-state index contributed by atoms with van der Waals surface area (Å²) < 4.78 is 0. The van der Waals surface area contributed by atoms with Gasteiger partial charge >= 0.3 is 5.97 Å². The predicted octanol–water partition coefficient (Wildman–Crippen LogP) is 1.88. The van der Waals surface area contributed by atoms with Gasteiger partial charge in [0.25, 0.3) is 5.56 Å². The molecule has 76 valence electrons. The maximum atomic E-state index is 11.4. The summed E-state index contributed by atoms with van der Waals surface area (Å²) in [5.41, 5.74) is -0.354. The topological polar surface area (TPSA) is 70.2 Å². The van der Waals surface area contributed by atoms with Gasteiger partial charge < -0.3 is 10.1 Å². The summed E-state index contributed by atoms with van der Waals surface area (Å²) in [6.45, 7) is 0. The molecule has 15 heavy (non-hydrogen) atoms. The number of carboxylic acids is 1. The Bertz CT molecular complexity index is 603. The molecule has 0 aliphatic rings. The minimum Gasteiger partial charge on any atom is -0.478 e. The van der Waals surface area contributed by atoms with E-state index < -0.39 is 5.97 Å². The molecule has 0 aliphatic heterocycles. The number of aromatic nitrogens is 1. The number of nitrogens with one attached hydrogen (secondary N) is 1. The molecule has 1 aromatic carbocycles. The zero-order valence-electron chi connectivity index (χ0n) is 7.45. The molecule has 5 heteroatoms. The first-order chi connectivity index (χ1) is 7.11. The second kappa shape index (κ2) is 3.40. The van der Waals surface area contributed by atoms with Crippen molar-refractivity contribution in [2.75, 3.05) is 0 Å². The van der Waals surface area contributed by atoms with E-state index in [0.29, 0.717) is 0 Å². The summed E-state index contributed by atoms with van der Waals surface area (Å²) in [7, 11) is 0. The van der Waals surface area contributed by atoms with Crippen LogP contribution in [0.2, 0.25) is 5.02 Å². The number of aromatic carboxylic acids is 1. The summed E-state index contributed by atoms with van der Waals surface area (Å²) in [5, 5.41) is 9.73. The fourth-order valence-corrected chi connectivity index (χ4v) is 1.72. The molecule has 2 rings (SSSR count). The SMILES string of the molecule is O=C(O)c1c[nH]c(=O)c2cccc(Cl)c12. The van der Waals surface area contributed by atoms with Crippen LogP contribution in [0.4, 0.5) is 0 Å². The minimum atomic E-state index is -1.12. The first-order valence-corrected chi connectivity index (χ1v) is 4.52. The molecular formula is C10H6ClNO3. The third-order valence-corrected chi connectivity index (χ3v) is 2.42. The molecule has 2 N–H and O–H groups in total. The van der Waals surface area contributed by atoms with E-state index >= 15 is 0 Å². The number of fused-ring (bicyclic) bond motifs is 1. The molecule has 0 amide bonds. The third kappa shape index (κ3) is 1.49. The van der Waals surface area contributed by atoms with Crippen molar-refractivity contribution in [3.05, 3.63) is 45.3 Å². The lowest BCUT2D eigenvalue weighted by molar-refractivity contribution is 0.0698. The molecule has 0 bridgehead atoms. The predicted molar refractivity (Wildman–Crippen MR) is 56.5 cm³/mol. The summed E-state index contributed by atoms with van der Waals surface area (Å²) in [6, 6.07) is 4.69. The van der Waals surface area contributed by atoms with Crippen LogP contribution in [0.3, 0.4) is 0 Å². The number of hydrogen-bond donors (Lipinski definition) is 2. The van der Waals surface area contributed by atoms with Gasteiger partial charge in [0, 0.05) is 22.0 Å². The number of carbonyl (C=O) groups is 1. The Labute approximate surface area is 89.1 Å². The first kappa shape index (κ1) is 9.73. The van der Waals surface area contributed by atoms with Crippen molar-refractivity contribution >= 4 is 28.3 Å². The second-order valence-electron chi connectivity index (χ2n) is 3.00.